The van der Waals surface area contributed by atoms with Crippen LogP contribution in [0.3, 0.4) is 0 Å². The fraction of sp³-hybridized carbons (Fsp3) is 0.318. The number of fused-ring (bicyclic) bond motifs is 1. The SMILES string of the molecule is Cc1cccc(-c2ncc(C)c3cc(CC(C)(C)C)ccc23)c1. The quantitative estimate of drug-likeness (QED) is 0.557. The Morgan fingerprint density at radius 2 is 1.70 bits per heavy atom. The molecular formula is C22H25N. The second-order valence-corrected chi connectivity index (χ2v) is 7.78. The maximum absolute atomic E-state index is 4.72. The molecule has 1 heterocycles. The third-order valence-electron chi connectivity index (χ3n) is 4.18. The second kappa shape index (κ2) is 5.81. The van der Waals surface area contributed by atoms with Crippen LogP contribution in [0.2, 0.25) is 0 Å². The van der Waals surface area contributed by atoms with Crippen molar-refractivity contribution in [3.8, 4) is 11.3 Å². The molecule has 3 rings (SSSR count). The smallest absolute Gasteiger partial charge is 0.0780 e. The topological polar surface area (TPSA) is 12.9 Å². The van der Waals surface area contributed by atoms with Crippen molar-refractivity contribution in [1.29, 1.82) is 0 Å². The highest BCUT2D eigenvalue weighted by atomic mass is 14.7. The monoisotopic (exact) mass is 303 g/mol. The lowest BCUT2D eigenvalue weighted by Gasteiger charge is -2.19. The minimum atomic E-state index is 0.300. The zero-order chi connectivity index (χ0) is 16.6. The average Bonchev–Trinajstić information content (AvgIpc) is 2.46. The maximum atomic E-state index is 4.72. The van der Waals surface area contributed by atoms with E-state index in [-0.39, 0.29) is 0 Å². The van der Waals surface area contributed by atoms with Crippen LogP contribution in [0, 0.1) is 19.3 Å². The first-order valence-corrected chi connectivity index (χ1v) is 8.29. The summed E-state index contributed by atoms with van der Waals surface area (Å²) < 4.78 is 0. The van der Waals surface area contributed by atoms with Gasteiger partial charge in [-0.25, -0.2) is 0 Å². The highest BCUT2D eigenvalue weighted by Crippen LogP contribution is 2.31. The molecule has 0 amide bonds. The largest absolute Gasteiger partial charge is 0.255 e. The molecule has 0 unspecified atom stereocenters. The van der Waals surface area contributed by atoms with Gasteiger partial charge in [0.1, 0.15) is 0 Å². The molecule has 23 heavy (non-hydrogen) atoms. The minimum absolute atomic E-state index is 0.300. The molecule has 3 aromatic rings. The van der Waals surface area contributed by atoms with Crippen LogP contribution in [0.4, 0.5) is 0 Å². The molecule has 1 aromatic heterocycles. The lowest BCUT2D eigenvalue weighted by Crippen LogP contribution is -2.09. The van der Waals surface area contributed by atoms with Crippen LogP contribution in [0.25, 0.3) is 22.0 Å². The Bertz CT molecular complexity index is 853. The van der Waals surface area contributed by atoms with Crippen LogP contribution >= 0.6 is 0 Å². The predicted molar refractivity (Wildman–Crippen MR) is 99.8 cm³/mol. The first kappa shape index (κ1) is 15.7. The molecule has 0 bridgehead atoms. The molecule has 0 atom stereocenters. The number of aryl methyl sites for hydroxylation is 2. The molecule has 0 aliphatic rings. The van der Waals surface area contributed by atoms with Crippen molar-refractivity contribution in [1.82, 2.24) is 4.98 Å². The summed E-state index contributed by atoms with van der Waals surface area (Å²) in [5.41, 5.74) is 6.48. The molecule has 0 saturated heterocycles. The zero-order valence-electron chi connectivity index (χ0n) is 14.8. The number of benzene rings is 2. The van der Waals surface area contributed by atoms with Gasteiger partial charge in [0.25, 0.3) is 0 Å². The second-order valence-electron chi connectivity index (χ2n) is 7.78. The van der Waals surface area contributed by atoms with Crippen molar-refractivity contribution in [2.75, 3.05) is 0 Å². The maximum Gasteiger partial charge on any atom is 0.0780 e. The number of rotatable bonds is 2. The number of pyridine rings is 1. The Morgan fingerprint density at radius 1 is 0.913 bits per heavy atom. The van der Waals surface area contributed by atoms with Crippen molar-refractivity contribution in [3.05, 3.63) is 65.4 Å². The number of aromatic nitrogens is 1. The van der Waals surface area contributed by atoms with Crippen LogP contribution in [0.5, 0.6) is 0 Å². The molecule has 1 heteroatoms. The highest BCUT2D eigenvalue weighted by molar-refractivity contribution is 5.96. The number of hydrogen-bond acceptors (Lipinski definition) is 1. The van der Waals surface area contributed by atoms with Gasteiger partial charge in [0.2, 0.25) is 0 Å². The molecule has 0 radical (unpaired) electrons. The highest BCUT2D eigenvalue weighted by Gasteiger charge is 2.13. The van der Waals surface area contributed by atoms with Crippen LogP contribution in [-0.2, 0) is 6.42 Å². The number of nitrogens with zero attached hydrogens (tertiary/aromatic N) is 1. The van der Waals surface area contributed by atoms with E-state index in [1.165, 1.54) is 33.0 Å². The van der Waals surface area contributed by atoms with E-state index in [2.05, 4.69) is 77.1 Å². The standard InChI is InChI=1S/C22H25N/c1-15-7-6-8-18(11-15)21-19-10-9-17(13-22(3,4)5)12-20(19)16(2)14-23-21/h6-12,14H,13H2,1-5H3. The van der Waals surface area contributed by atoms with Crippen LogP contribution in [-0.4, -0.2) is 4.98 Å². The molecule has 0 saturated carbocycles. The fourth-order valence-electron chi connectivity index (χ4n) is 3.17. The summed E-state index contributed by atoms with van der Waals surface area (Å²) >= 11 is 0. The van der Waals surface area contributed by atoms with E-state index in [1.54, 1.807) is 0 Å². The van der Waals surface area contributed by atoms with Crippen LogP contribution in [0.1, 0.15) is 37.5 Å². The van der Waals surface area contributed by atoms with Crippen molar-refractivity contribution >= 4 is 10.8 Å². The third-order valence-corrected chi connectivity index (χ3v) is 4.18. The fourth-order valence-corrected chi connectivity index (χ4v) is 3.17. The molecule has 2 aromatic carbocycles. The molecule has 0 N–H and O–H groups in total. The summed E-state index contributed by atoms with van der Waals surface area (Å²) in [6, 6.07) is 15.4. The first-order chi connectivity index (χ1) is 10.8. The van der Waals surface area contributed by atoms with Gasteiger partial charge in [-0.15, -0.1) is 0 Å². The van der Waals surface area contributed by atoms with Gasteiger partial charge in [-0.05, 0) is 48.3 Å². The summed E-state index contributed by atoms with van der Waals surface area (Å²) in [5, 5.41) is 2.56. The Labute approximate surface area is 139 Å². The van der Waals surface area contributed by atoms with E-state index in [9.17, 15) is 0 Å². The normalized spacial score (nSPS) is 11.9. The lowest BCUT2D eigenvalue weighted by atomic mass is 9.87. The van der Waals surface area contributed by atoms with E-state index >= 15 is 0 Å². The van der Waals surface area contributed by atoms with Gasteiger partial charge in [-0.2, -0.15) is 0 Å². The van der Waals surface area contributed by atoms with Crippen molar-refractivity contribution in [3.63, 3.8) is 0 Å². The predicted octanol–water partition coefficient (Wildman–Crippen LogP) is 6.11. The van der Waals surface area contributed by atoms with Crippen molar-refractivity contribution in [2.24, 2.45) is 5.41 Å². The van der Waals surface area contributed by atoms with Gasteiger partial charge >= 0.3 is 0 Å². The van der Waals surface area contributed by atoms with Crippen molar-refractivity contribution in [2.45, 2.75) is 41.0 Å². The van der Waals surface area contributed by atoms with E-state index < -0.39 is 0 Å². The van der Waals surface area contributed by atoms with Crippen LogP contribution in [0.15, 0.2) is 48.7 Å². The van der Waals surface area contributed by atoms with Gasteiger partial charge in [0.15, 0.2) is 0 Å². The Kier molecular flexibility index (Phi) is 3.97. The molecule has 1 nitrogen and oxygen atoms in total. The Hall–Kier alpha value is -2.15. The van der Waals surface area contributed by atoms with E-state index in [1.807, 2.05) is 6.20 Å². The van der Waals surface area contributed by atoms with Gasteiger partial charge in [0, 0.05) is 17.1 Å². The summed E-state index contributed by atoms with van der Waals surface area (Å²) in [7, 11) is 0. The Morgan fingerprint density at radius 3 is 2.39 bits per heavy atom. The molecular weight excluding hydrogens is 278 g/mol. The van der Waals surface area contributed by atoms with E-state index in [4.69, 9.17) is 4.98 Å². The van der Waals surface area contributed by atoms with E-state index in [0.717, 1.165) is 12.1 Å². The molecule has 0 aliphatic carbocycles. The Balaban J connectivity index is 2.17. The molecule has 118 valence electrons. The van der Waals surface area contributed by atoms with Crippen molar-refractivity contribution < 1.29 is 0 Å². The van der Waals surface area contributed by atoms with Crippen LogP contribution < -0.4 is 0 Å². The summed E-state index contributed by atoms with van der Waals surface area (Å²) in [6.07, 6.45) is 3.09. The van der Waals surface area contributed by atoms with Gasteiger partial charge in [0.05, 0.1) is 5.69 Å². The molecule has 0 aliphatic heterocycles. The van der Waals surface area contributed by atoms with E-state index in [0.29, 0.717) is 5.41 Å². The summed E-state index contributed by atoms with van der Waals surface area (Å²) in [4.78, 5) is 4.72. The first-order valence-electron chi connectivity index (χ1n) is 8.29. The zero-order valence-corrected chi connectivity index (χ0v) is 14.8. The summed E-state index contributed by atoms with van der Waals surface area (Å²) in [6.45, 7) is 11.1. The minimum Gasteiger partial charge on any atom is -0.255 e. The number of hydrogen-bond donors (Lipinski definition) is 0. The van der Waals surface area contributed by atoms with Gasteiger partial charge < -0.3 is 0 Å². The molecule has 0 fully saturated rings. The average molecular weight is 303 g/mol. The third kappa shape index (κ3) is 3.44. The van der Waals surface area contributed by atoms with Gasteiger partial charge in [-0.3, -0.25) is 4.98 Å². The van der Waals surface area contributed by atoms with Gasteiger partial charge in [-0.1, -0.05) is 62.7 Å². The molecule has 0 spiro atoms. The lowest BCUT2D eigenvalue weighted by molar-refractivity contribution is 0.411. The summed E-state index contributed by atoms with van der Waals surface area (Å²) in [5.74, 6) is 0.